The predicted octanol–water partition coefficient (Wildman–Crippen LogP) is 4.44. The van der Waals surface area contributed by atoms with Crippen molar-refractivity contribution in [1.82, 2.24) is 24.6 Å². The summed E-state index contributed by atoms with van der Waals surface area (Å²) in [6, 6.07) is 6.37. The van der Waals surface area contributed by atoms with Gasteiger partial charge in [0.1, 0.15) is 23.7 Å². The maximum absolute atomic E-state index is 14.9. The molecule has 0 aliphatic rings. The van der Waals surface area contributed by atoms with E-state index in [1.165, 1.54) is 23.4 Å². The highest BCUT2D eigenvalue weighted by atomic mass is 35.5. The van der Waals surface area contributed by atoms with Crippen LogP contribution in [0.15, 0.2) is 30.6 Å². The Kier molecular flexibility index (Phi) is 6.62. The average molecular weight is 497 g/mol. The number of anilines is 1. The zero-order chi connectivity index (χ0) is 25.4. The number of methoxy groups -OCH3 is 1. The minimum Gasteiger partial charge on any atom is -0.496 e. The van der Waals surface area contributed by atoms with E-state index in [-0.39, 0.29) is 5.56 Å². The molecule has 0 aliphatic carbocycles. The summed E-state index contributed by atoms with van der Waals surface area (Å²) in [7, 11) is 4.73. The lowest BCUT2D eigenvalue weighted by molar-refractivity contribution is 0.0823. The molecule has 1 amide bonds. The molecule has 0 aliphatic heterocycles. The second-order valence-corrected chi connectivity index (χ2v) is 8.87. The van der Waals surface area contributed by atoms with Gasteiger partial charge in [0.25, 0.3) is 5.91 Å². The van der Waals surface area contributed by atoms with Gasteiger partial charge in [0.05, 0.1) is 23.8 Å². The smallest absolute Gasteiger partial charge is 0.256 e. The Labute approximate surface area is 207 Å². The van der Waals surface area contributed by atoms with Gasteiger partial charge < -0.3 is 15.4 Å². The number of nitrogens with two attached hydrogens (primary N) is 1. The number of nitrogens with zero attached hydrogens (tertiary/aromatic N) is 5. The SMILES string of the molecule is COc1c(CCn2nc(C)c3c(N)ncnc32)cc(Cl)c(C)c1-c1ccc(C(=O)N(C)C)c(F)c1. The number of rotatable bonds is 6. The molecule has 0 saturated heterocycles. The second-order valence-electron chi connectivity index (χ2n) is 8.46. The number of carbonyl (C=O) groups excluding carboxylic acids is 1. The van der Waals surface area contributed by atoms with Gasteiger partial charge in [-0.05, 0) is 55.2 Å². The van der Waals surface area contributed by atoms with Crippen LogP contribution in [0.3, 0.4) is 0 Å². The van der Waals surface area contributed by atoms with Crippen LogP contribution in [-0.2, 0) is 13.0 Å². The number of ether oxygens (including phenoxy) is 1. The summed E-state index contributed by atoms with van der Waals surface area (Å²) in [6.45, 7) is 4.20. The van der Waals surface area contributed by atoms with Crippen molar-refractivity contribution in [3.63, 3.8) is 0 Å². The minimum atomic E-state index is -0.611. The summed E-state index contributed by atoms with van der Waals surface area (Å²) in [6.07, 6.45) is 1.94. The quantitative estimate of drug-likeness (QED) is 0.423. The van der Waals surface area contributed by atoms with E-state index in [4.69, 9.17) is 22.1 Å². The van der Waals surface area contributed by atoms with Crippen LogP contribution in [0.5, 0.6) is 5.75 Å². The van der Waals surface area contributed by atoms with E-state index in [0.29, 0.717) is 46.3 Å². The number of hydrogen-bond acceptors (Lipinski definition) is 6. The predicted molar refractivity (Wildman–Crippen MR) is 134 cm³/mol. The van der Waals surface area contributed by atoms with Gasteiger partial charge in [-0.2, -0.15) is 5.10 Å². The Morgan fingerprint density at radius 2 is 1.97 bits per heavy atom. The van der Waals surface area contributed by atoms with Crippen molar-refractivity contribution in [2.75, 3.05) is 26.9 Å². The number of nitrogen functional groups attached to an aromatic ring is 1. The zero-order valence-corrected chi connectivity index (χ0v) is 20.9. The minimum absolute atomic E-state index is 0.000172. The molecule has 0 spiro atoms. The number of halogens is 2. The molecule has 0 radical (unpaired) electrons. The van der Waals surface area contributed by atoms with E-state index >= 15 is 0 Å². The number of carbonyl (C=O) groups is 1. The van der Waals surface area contributed by atoms with E-state index in [9.17, 15) is 9.18 Å². The Balaban J connectivity index is 1.75. The van der Waals surface area contributed by atoms with Crippen molar-refractivity contribution in [1.29, 1.82) is 0 Å². The second kappa shape index (κ2) is 9.50. The topological polar surface area (TPSA) is 99.2 Å². The Bertz CT molecular complexity index is 1450. The van der Waals surface area contributed by atoms with E-state index in [2.05, 4.69) is 15.1 Å². The lowest BCUT2D eigenvalue weighted by atomic mass is 9.94. The van der Waals surface area contributed by atoms with Crippen molar-refractivity contribution in [2.24, 2.45) is 0 Å². The lowest BCUT2D eigenvalue weighted by Gasteiger charge is -2.19. The molecule has 182 valence electrons. The van der Waals surface area contributed by atoms with Gasteiger partial charge in [-0.15, -0.1) is 0 Å². The van der Waals surface area contributed by atoms with Gasteiger partial charge in [0.2, 0.25) is 0 Å². The first-order chi connectivity index (χ1) is 16.6. The van der Waals surface area contributed by atoms with Crippen molar-refractivity contribution < 1.29 is 13.9 Å². The summed E-state index contributed by atoms with van der Waals surface area (Å²) < 4.78 is 22.5. The van der Waals surface area contributed by atoms with Gasteiger partial charge in [0, 0.05) is 31.2 Å². The van der Waals surface area contributed by atoms with Gasteiger partial charge in [-0.1, -0.05) is 17.7 Å². The summed E-state index contributed by atoms with van der Waals surface area (Å²) >= 11 is 6.59. The van der Waals surface area contributed by atoms with Crippen LogP contribution in [-0.4, -0.2) is 51.8 Å². The number of amides is 1. The van der Waals surface area contributed by atoms with Crippen molar-refractivity contribution in [3.8, 4) is 16.9 Å². The van der Waals surface area contributed by atoms with Gasteiger partial charge in [-0.3, -0.25) is 4.79 Å². The van der Waals surface area contributed by atoms with Crippen LogP contribution < -0.4 is 10.5 Å². The third-order valence-corrected chi connectivity index (χ3v) is 6.37. The molecule has 2 aromatic heterocycles. The third-order valence-electron chi connectivity index (χ3n) is 5.98. The molecular formula is C25H26ClFN6O2. The first-order valence-electron chi connectivity index (χ1n) is 10.9. The third kappa shape index (κ3) is 4.39. The van der Waals surface area contributed by atoms with Crippen LogP contribution in [0, 0.1) is 19.7 Å². The van der Waals surface area contributed by atoms with E-state index in [1.54, 1.807) is 32.0 Å². The highest BCUT2D eigenvalue weighted by Crippen LogP contribution is 2.41. The Morgan fingerprint density at radius 3 is 2.63 bits per heavy atom. The Morgan fingerprint density at radius 1 is 1.23 bits per heavy atom. The molecule has 0 bridgehead atoms. The van der Waals surface area contributed by atoms with Crippen LogP contribution in [0.25, 0.3) is 22.2 Å². The average Bonchev–Trinajstić information content (AvgIpc) is 3.15. The number of aryl methyl sites for hydroxylation is 3. The standard InChI is InChI=1S/C25H26ClFN6O2/c1-13-18(26)10-16(8-9-33-24-21(14(2)31-33)23(28)29-12-30-24)22(35-5)20(13)15-6-7-17(19(27)11-15)25(34)32(3)4/h6-7,10-12H,8-9H2,1-5H3,(H2,28,29,30). The molecular weight excluding hydrogens is 471 g/mol. The highest BCUT2D eigenvalue weighted by Gasteiger charge is 2.21. The van der Waals surface area contributed by atoms with Crippen LogP contribution in [0.4, 0.5) is 10.2 Å². The van der Waals surface area contributed by atoms with E-state index in [1.807, 2.05) is 19.9 Å². The van der Waals surface area contributed by atoms with E-state index in [0.717, 1.165) is 22.2 Å². The van der Waals surface area contributed by atoms with Crippen LogP contribution >= 0.6 is 11.6 Å². The maximum atomic E-state index is 14.9. The fraction of sp³-hybridized carbons (Fsp3) is 0.280. The maximum Gasteiger partial charge on any atom is 0.256 e. The first kappa shape index (κ1) is 24.4. The molecule has 0 fully saturated rings. The lowest BCUT2D eigenvalue weighted by Crippen LogP contribution is -2.22. The molecule has 2 N–H and O–H groups in total. The van der Waals surface area contributed by atoms with Crippen molar-refractivity contribution >= 4 is 34.4 Å². The van der Waals surface area contributed by atoms with Crippen molar-refractivity contribution in [3.05, 3.63) is 63.8 Å². The zero-order valence-electron chi connectivity index (χ0n) is 20.2. The molecule has 35 heavy (non-hydrogen) atoms. The van der Waals surface area contributed by atoms with Crippen molar-refractivity contribution in [2.45, 2.75) is 26.8 Å². The summed E-state index contributed by atoms with van der Waals surface area (Å²) in [4.78, 5) is 22.0. The fourth-order valence-electron chi connectivity index (χ4n) is 4.22. The van der Waals surface area contributed by atoms with E-state index < -0.39 is 11.7 Å². The van der Waals surface area contributed by atoms with Gasteiger partial charge >= 0.3 is 0 Å². The molecule has 4 aromatic rings. The molecule has 2 heterocycles. The monoisotopic (exact) mass is 496 g/mol. The normalized spacial score (nSPS) is 11.2. The molecule has 8 nitrogen and oxygen atoms in total. The molecule has 0 atom stereocenters. The fourth-order valence-corrected chi connectivity index (χ4v) is 4.45. The number of fused-ring (bicyclic) bond motifs is 1. The first-order valence-corrected chi connectivity index (χ1v) is 11.3. The summed E-state index contributed by atoms with van der Waals surface area (Å²) in [5.74, 6) is -0.0498. The Hall–Kier alpha value is -3.72. The number of aromatic nitrogens is 4. The summed E-state index contributed by atoms with van der Waals surface area (Å²) in [5.41, 5.74) is 10.2. The number of benzene rings is 2. The van der Waals surface area contributed by atoms with Gasteiger partial charge in [0.15, 0.2) is 5.65 Å². The molecule has 0 unspecified atom stereocenters. The number of hydrogen-bond donors (Lipinski definition) is 1. The van der Waals surface area contributed by atoms with Crippen LogP contribution in [0.2, 0.25) is 5.02 Å². The highest BCUT2D eigenvalue weighted by molar-refractivity contribution is 6.32. The molecule has 4 rings (SSSR count). The van der Waals surface area contributed by atoms with Gasteiger partial charge in [-0.25, -0.2) is 19.0 Å². The largest absolute Gasteiger partial charge is 0.496 e. The van der Waals surface area contributed by atoms with Crippen LogP contribution in [0.1, 0.15) is 27.2 Å². The molecule has 0 saturated carbocycles. The molecule has 10 heteroatoms. The molecule has 2 aromatic carbocycles. The summed E-state index contributed by atoms with van der Waals surface area (Å²) in [5, 5.41) is 5.82.